The molecule has 1 aromatic heterocycles. The Kier molecular flexibility index (Phi) is 5.31. The van der Waals surface area contributed by atoms with Crippen LogP contribution in [0.4, 0.5) is 0 Å². The summed E-state index contributed by atoms with van der Waals surface area (Å²) >= 11 is 1.82. The number of aromatic nitrogens is 2. The minimum Gasteiger partial charge on any atom is -0.494 e. The van der Waals surface area contributed by atoms with Crippen molar-refractivity contribution in [2.45, 2.75) is 32.9 Å². The van der Waals surface area contributed by atoms with Gasteiger partial charge in [0.05, 0.1) is 23.7 Å². The van der Waals surface area contributed by atoms with Crippen molar-refractivity contribution in [3.63, 3.8) is 0 Å². The highest BCUT2D eigenvalue weighted by Gasteiger charge is 2.16. The van der Waals surface area contributed by atoms with Crippen LogP contribution in [0.25, 0.3) is 11.0 Å². The molecule has 0 saturated heterocycles. The van der Waals surface area contributed by atoms with Gasteiger partial charge in [0, 0.05) is 12.6 Å². The fraction of sp³-hybridized carbons (Fsp3) is 0.533. The standard InChI is InChI=1S/C15H23N3OS/c1-4-18-14-7-6-11(19-5-2)10-13(14)17-15(18)12(16)8-9-20-3/h6-7,10,12H,4-5,8-9,16H2,1-3H3. The Balaban J connectivity index is 2.38. The Labute approximate surface area is 124 Å². The van der Waals surface area contributed by atoms with E-state index >= 15 is 0 Å². The molecule has 1 heterocycles. The van der Waals surface area contributed by atoms with E-state index in [9.17, 15) is 0 Å². The molecule has 20 heavy (non-hydrogen) atoms. The van der Waals surface area contributed by atoms with Gasteiger partial charge in [-0.2, -0.15) is 11.8 Å². The topological polar surface area (TPSA) is 53.1 Å². The average molecular weight is 293 g/mol. The lowest BCUT2D eigenvalue weighted by molar-refractivity contribution is 0.340. The van der Waals surface area contributed by atoms with E-state index in [0.29, 0.717) is 6.61 Å². The van der Waals surface area contributed by atoms with Gasteiger partial charge in [0.25, 0.3) is 0 Å². The zero-order chi connectivity index (χ0) is 14.5. The largest absolute Gasteiger partial charge is 0.494 e. The first-order valence-electron chi connectivity index (χ1n) is 7.08. The Morgan fingerprint density at radius 1 is 1.40 bits per heavy atom. The summed E-state index contributed by atoms with van der Waals surface area (Å²) in [5.74, 6) is 2.90. The second-order valence-corrected chi connectivity index (χ2v) is 5.67. The molecule has 0 aliphatic rings. The van der Waals surface area contributed by atoms with Gasteiger partial charge in [-0.25, -0.2) is 4.98 Å². The highest BCUT2D eigenvalue weighted by atomic mass is 32.2. The van der Waals surface area contributed by atoms with Crippen molar-refractivity contribution >= 4 is 22.8 Å². The van der Waals surface area contributed by atoms with Crippen LogP contribution in [0.3, 0.4) is 0 Å². The van der Waals surface area contributed by atoms with Crippen LogP contribution in [0.15, 0.2) is 18.2 Å². The maximum Gasteiger partial charge on any atom is 0.126 e. The van der Waals surface area contributed by atoms with Crippen LogP contribution >= 0.6 is 11.8 Å². The third-order valence-corrected chi connectivity index (χ3v) is 3.99. The van der Waals surface area contributed by atoms with Gasteiger partial charge in [-0.3, -0.25) is 0 Å². The maximum absolute atomic E-state index is 6.29. The number of aryl methyl sites for hydroxylation is 1. The van der Waals surface area contributed by atoms with Gasteiger partial charge in [0.15, 0.2) is 0 Å². The summed E-state index contributed by atoms with van der Waals surface area (Å²) in [6.07, 6.45) is 3.05. The fourth-order valence-electron chi connectivity index (χ4n) is 2.37. The number of fused-ring (bicyclic) bond motifs is 1. The molecule has 1 unspecified atom stereocenters. The Morgan fingerprint density at radius 3 is 2.85 bits per heavy atom. The van der Waals surface area contributed by atoms with Crippen LogP contribution < -0.4 is 10.5 Å². The van der Waals surface area contributed by atoms with Gasteiger partial charge in [-0.05, 0) is 44.4 Å². The van der Waals surface area contributed by atoms with Gasteiger partial charge in [0.1, 0.15) is 11.6 Å². The van der Waals surface area contributed by atoms with Crippen LogP contribution in [0.1, 0.15) is 32.1 Å². The summed E-state index contributed by atoms with van der Waals surface area (Å²) in [5.41, 5.74) is 8.39. The minimum atomic E-state index is -0.00894. The molecule has 0 amide bonds. The molecule has 2 N–H and O–H groups in total. The smallest absolute Gasteiger partial charge is 0.126 e. The second-order valence-electron chi connectivity index (χ2n) is 4.69. The molecule has 5 heteroatoms. The van der Waals surface area contributed by atoms with E-state index in [0.717, 1.165) is 41.3 Å². The van der Waals surface area contributed by atoms with Crippen LogP contribution in [-0.2, 0) is 6.54 Å². The monoisotopic (exact) mass is 293 g/mol. The lowest BCUT2D eigenvalue weighted by Gasteiger charge is -2.12. The lowest BCUT2D eigenvalue weighted by atomic mass is 10.2. The number of hydrogen-bond acceptors (Lipinski definition) is 4. The number of ether oxygens (including phenoxy) is 1. The predicted octanol–water partition coefficient (Wildman–Crippen LogP) is 3.21. The Hall–Kier alpha value is -1.20. The highest BCUT2D eigenvalue weighted by Crippen LogP contribution is 2.25. The summed E-state index contributed by atoms with van der Waals surface area (Å²) in [6, 6.07) is 6.05. The molecule has 0 aliphatic heterocycles. The second kappa shape index (κ2) is 6.99. The average Bonchev–Trinajstić information content (AvgIpc) is 2.82. The van der Waals surface area contributed by atoms with Crippen molar-refractivity contribution < 1.29 is 4.74 Å². The number of hydrogen-bond donors (Lipinski definition) is 1. The first-order chi connectivity index (χ1) is 9.71. The summed E-state index contributed by atoms with van der Waals surface area (Å²) in [5, 5.41) is 0. The number of thioether (sulfide) groups is 1. The molecule has 4 nitrogen and oxygen atoms in total. The van der Waals surface area contributed by atoms with Crippen molar-refractivity contribution in [1.29, 1.82) is 0 Å². The molecule has 0 radical (unpaired) electrons. The SMILES string of the molecule is CCOc1ccc2c(c1)nc(C(N)CCSC)n2CC. The van der Waals surface area contributed by atoms with Crippen molar-refractivity contribution in [3.8, 4) is 5.75 Å². The van der Waals surface area contributed by atoms with E-state index in [-0.39, 0.29) is 6.04 Å². The normalized spacial score (nSPS) is 12.8. The van der Waals surface area contributed by atoms with E-state index in [1.165, 1.54) is 0 Å². The number of nitrogens with two attached hydrogens (primary N) is 1. The quantitative estimate of drug-likeness (QED) is 0.851. The van der Waals surface area contributed by atoms with Crippen molar-refractivity contribution in [3.05, 3.63) is 24.0 Å². The first kappa shape index (κ1) is 15.2. The number of imidazole rings is 1. The number of benzene rings is 1. The van der Waals surface area contributed by atoms with Crippen LogP contribution in [0.5, 0.6) is 5.75 Å². The summed E-state index contributed by atoms with van der Waals surface area (Å²) in [6.45, 7) is 5.66. The Morgan fingerprint density at radius 2 is 2.20 bits per heavy atom. The van der Waals surface area contributed by atoms with Gasteiger partial charge in [-0.15, -0.1) is 0 Å². The minimum absolute atomic E-state index is 0.00894. The van der Waals surface area contributed by atoms with E-state index in [2.05, 4.69) is 23.8 Å². The zero-order valence-electron chi connectivity index (χ0n) is 12.4. The van der Waals surface area contributed by atoms with E-state index in [1.54, 1.807) is 0 Å². The lowest BCUT2D eigenvalue weighted by Crippen LogP contribution is -2.17. The van der Waals surface area contributed by atoms with E-state index < -0.39 is 0 Å². The molecule has 0 saturated carbocycles. The molecule has 2 aromatic rings. The van der Waals surface area contributed by atoms with Gasteiger partial charge in [0.2, 0.25) is 0 Å². The van der Waals surface area contributed by atoms with Crippen LogP contribution in [-0.4, -0.2) is 28.2 Å². The third kappa shape index (κ3) is 3.10. The zero-order valence-corrected chi connectivity index (χ0v) is 13.2. The van der Waals surface area contributed by atoms with E-state index in [1.807, 2.05) is 30.8 Å². The molecule has 110 valence electrons. The molecule has 0 bridgehead atoms. The first-order valence-corrected chi connectivity index (χ1v) is 8.48. The molecule has 2 rings (SSSR count). The number of rotatable bonds is 7. The molecule has 1 atom stereocenters. The molecule has 0 aliphatic carbocycles. The Bertz CT molecular complexity index is 567. The van der Waals surface area contributed by atoms with Crippen LogP contribution in [0.2, 0.25) is 0 Å². The predicted molar refractivity (Wildman–Crippen MR) is 86.5 cm³/mol. The summed E-state index contributed by atoms with van der Waals surface area (Å²) < 4.78 is 7.74. The van der Waals surface area contributed by atoms with E-state index in [4.69, 9.17) is 15.5 Å². The fourth-order valence-corrected chi connectivity index (χ4v) is 2.86. The number of nitrogens with zero attached hydrogens (tertiary/aromatic N) is 2. The van der Waals surface area contributed by atoms with Gasteiger partial charge in [-0.1, -0.05) is 0 Å². The van der Waals surface area contributed by atoms with Crippen molar-refractivity contribution in [2.75, 3.05) is 18.6 Å². The van der Waals surface area contributed by atoms with Crippen molar-refractivity contribution in [2.24, 2.45) is 5.73 Å². The third-order valence-electron chi connectivity index (χ3n) is 3.34. The maximum atomic E-state index is 6.29. The van der Waals surface area contributed by atoms with Gasteiger partial charge >= 0.3 is 0 Å². The molecule has 0 fully saturated rings. The van der Waals surface area contributed by atoms with Crippen molar-refractivity contribution in [1.82, 2.24) is 9.55 Å². The van der Waals surface area contributed by atoms with Crippen LogP contribution in [0, 0.1) is 0 Å². The highest BCUT2D eigenvalue weighted by molar-refractivity contribution is 7.98. The van der Waals surface area contributed by atoms with Gasteiger partial charge < -0.3 is 15.0 Å². The molecular formula is C15H23N3OS. The molecular weight excluding hydrogens is 270 g/mol. The molecule has 1 aromatic carbocycles. The summed E-state index contributed by atoms with van der Waals surface area (Å²) in [7, 11) is 0. The molecule has 0 spiro atoms. The summed E-state index contributed by atoms with van der Waals surface area (Å²) in [4.78, 5) is 4.73.